The van der Waals surface area contributed by atoms with E-state index in [1.165, 1.54) is 6.08 Å². The predicted molar refractivity (Wildman–Crippen MR) is 86.9 cm³/mol. The van der Waals surface area contributed by atoms with Gasteiger partial charge < -0.3 is 4.74 Å². The average molecular weight is 335 g/mol. The first-order valence-corrected chi connectivity index (χ1v) is 7.20. The van der Waals surface area contributed by atoms with Gasteiger partial charge in [0.05, 0.1) is 5.57 Å². The zero-order chi connectivity index (χ0) is 15.9. The molecule has 112 valence electrons. The molecule has 0 aromatic heterocycles. The number of ether oxygens (including phenoxy) is 1. The summed E-state index contributed by atoms with van der Waals surface area (Å²) in [6.07, 6.45) is 1.34. The van der Waals surface area contributed by atoms with Gasteiger partial charge in [0.15, 0.2) is 0 Å². The fraction of sp³-hybridized carbons (Fsp3) is 0.0588. The van der Waals surface area contributed by atoms with Gasteiger partial charge in [-0.3, -0.25) is 9.59 Å². The number of rotatable bonds is 6. The van der Waals surface area contributed by atoms with Crippen LogP contribution in [0.1, 0.15) is 11.1 Å². The summed E-state index contributed by atoms with van der Waals surface area (Å²) < 4.78 is 5.64. The number of carbonyl (C=O) groups excluding carboxylic acids is 2. The molecule has 0 bridgehead atoms. The molecule has 0 unspecified atom stereocenters. The Morgan fingerprint density at radius 2 is 1.50 bits per heavy atom. The van der Waals surface area contributed by atoms with Gasteiger partial charge >= 0.3 is 0 Å². The number of halogens is 2. The van der Waals surface area contributed by atoms with Crippen LogP contribution >= 0.6 is 23.2 Å². The zero-order valence-corrected chi connectivity index (χ0v) is 13.0. The number of allylic oxidation sites excluding steroid dienone is 1. The highest BCUT2D eigenvalue weighted by Gasteiger charge is 2.13. The fourth-order valence-corrected chi connectivity index (χ4v) is 2.09. The fourth-order valence-electron chi connectivity index (χ4n) is 1.76. The summed E-state index contributed by atoms with van der Waals surface area (Å²) in [7, 11) is 0. The molecule has 0 amide bonds. The summed E-state index contributed by atoms with van der Waals surface area (Å²) in [5.41, 5.74) is 1.43. The lowest BCUT2D eigenvalue weighted by Crippen LogP contribution is -2.01. The van der Waals surface area contributed by atoms with Crippen molar-refractivity contribution in [1.82, 2.24) is 0 Å². The first-order valence-electron chi connectivity index (χ1n) is 6.44. The van der Waals surface area contributed by atoms with E-state index in [-0.39, 0.29) is 5.57 Å². The van der Waals surface area contributed by atoms with E-state index >= 15 is 0 Å². The minimum Gasteiger partial charge on any atom is -0.489 e. The molecule has 0 N–H and O–H groups in total. The molecule has 0 spiro atoms. The van der Waals surface area contributed by atoms with Crippen molar-refractivity contribution in [2.45, 2.75) is 6.61 Å². The van der Waals surface area contributed by atoms with Crippen molar-refractivity contribution in [3.05, 3.63) is 71.3 Å². The lowest BCUT2D eigenvalue weighted by molar-refractivity contribution is -0.113. The summed E-state index contributed by atoms with van der Waals surface area (Å²) in [5.74, 6) is 0.678. The van der Waals surface area contributed by atoms with Crippen molar-refractivity contribution in [2.75, 3.05) is 0 Å². The van der Waals surface area contributed by atoms with Crippen molar-refractivity contribution in [3.63, 3.8) is 0 Å². The van der Waals surface area contributed by atoms with Gasteiger partial charge in [-0.05, 0) is 52.5 Å². The molecule has 2 rings (SSSR count). The third-order valence-electron chi connectivity index (χ3n) is 2.86. The molecule has 22 heavy (non-hydrogen) atoms. The summed E-state index contributed by atoms with van der Waals surface area (Å²) in [4.78, 5) is 22.2. The predicted octanol–water partition coefficient (Wildman–Crippen LogP) is 4.18. The standard InChI is InChI=1S/C17H12Cl2O3/c18-16(20)15(17(19)21)10-12-6-8-14(9-7-12)22-11-13-4-2-1-3-5-13/h1-10H,11H2. The Morgan fingerprint density at radius 3 is 2.05 bits per heavy atom. The van der Waals surface area contributed by atoms with Gasteiger partial charge in [-0.15, -0.1) is 0 Å². The van der Waals surface area contributed by atoms with E-state index in [4.69, 9.17) is 27.9 Å². The lowest BCUT2D eigenvalue weighted by atomic mass is 10.1. The average Bonchev–Trinajstić information content (AvgIpc) is 2.52. The first-order chi connectivity index (χ1) is 10.6. The summed E-state index contributed by atoms with van der Waals surface area (Å²) >= 11 is 10.6. The van der Waals surface area contributed by atoms with Crippen LogP contribution in [-0.4, -0.2) is 10.5 Å². The molecule has 0 aliphatic heterocycles. The molecule has 0 atom stereocenters. The number of carbonyl (C=O) groups is 2. The van der Waals surface area contributed by atoms with Crippen LogP contribution in [0.4, 0.5) is 0 Å². The maximum atomic E-state index is 11.1. The van der Waals surface area contributed by atoms with Gasteiger partial charge in [0, 0.05) is 0 Å². The number of hydrogen-bond acceptors (Lipinski definition) is 3. The van der Waals surface area contributed by atoms with Crippen LogP contribution in [-0.2, 0) is 16.2 Å². The Bertz CT molecular complexity index is 676. The Balaban J connectivity index is 2.05. The summed E-state index contributed by atoms with van der Waals surface area (Å²) in [6.45, 7) is 0.460. The van der Waals surface area contributed by atoms with E-state index < -0.39 is 10.5 Å². The number of hydrogen-bond donors (Lipinski definition) is 0. The number of benzene rings is 2. The highest BCUT2D eigenvalue weighted by molar-refractivity contribution is 6.80. The van der Waals surface area contributed by atoms with E-state index in [0.717, 1.165) is 5.56 Å². The van der Waals surface area contributed by atoms with Crippen molar-refractivity contribution in [2.24, 2.45) is 0 Å². The molecule has 0 aliphatic carbocycles. The summed E-state index contributed by atoms with van der Waals surface area (Å²) in [5, 5.41) is -1.77. The Hall–Kier alpha value is -2.10. The van der Waals surface area contributed by atoms with Gasteiger partial charge in [0.25, 0.3) is 10.5 Å². The molecule has 0 aliphatic rings. The second kappa shape index (κ2) is 7.78. The zero-order valence-electron chi connectivity index (χ0n) is 11.5. The van der Waals surface area contributed by atoms with Gasteiger partial charge in [0.1, 0.15) is 12.4 Å². The minimum atomic E-state index is -0.885. The molecule has 0 radical (unpaired) electrons. The normalized spacial score (nSPS) is 9.91. The second-order valence-corrected chi connectivity index (χ2v) is 5.14. The molecule has 2 aromatic carbocycles. The van der Waals surface area contributed by atoms with Crippen molar-refractivity contribution >= 4 is 39.8 Å². The maximum absolute atomic E-state index is 11.1. The van der Waals surface area contributed by atoms with Gasteiger partial charge in [0.2, 0.25) is 0 Å². The van der Waals surface area contributed by atoms with Crippen LogP contribution in [0, 0.1) is 0 Å². The maximum Gasteiger partial charge on any atom is 0.257 e. The largest absolute Gasteiger partial charge is 0.489 e. The smallest absolute Gasteiger partial charge is 0.257 e. The van der Waals surface area contributed by atoms with Crippen LogP contribution < -0.4 is 4.74 Å². The topological polar surface area (TPSA) is 43.4 Å². The minimum absolute atomic E-state index is 0.263. The van der Waals surface area contributed by atoms with Crippen molar-refractivity contribution in [3.8, 4) is 5.75 Å². The van der Waals surface area contributed by atoms with Crippen LogP contribution in [0.2, 0.25) is 0 Å². The molecule has 0 fully saturated rings. The van der Waals surface area contributed by atoms with Crippen LogP contribution in [0.15, 0.2) is 60.2 Å². The van der Waals surface area contributed by atoms with Crippen LogP contribution in [0.25, 0.3) is 6.08 Å². The van der Waals surface area contributed by atoms with E-state index in [2.05, 4.69) is 0 Å². The molecule has 0 saturated carbocycles. The Labute approximate surface area is 138 Å². The van der Waals surface area contributed by atoms with Gasteiger partial charge in [-0.25, -0.2) is 0 Å². The first kappa shape index (κ1) is 16.3. The van der Waals surface area contributed by atoms with Gasteiger partial charge in [-0.2, -0.15) is 0 Å². The Morgan fingerprint density at radius 1 is 0.909 bits per heavy atom. The highest BCUT2D eigenvalue weighted by Crippen LogP contribution is 2.17. The molecular weight excluding hydrogens is 323 g/mol. The van der Waals surface area contributed by atoms with E-state index in [0.29, 0.717) is 17.9 Å². The van der Waals surface area contributed by atoms with E-state index in [9.17, 15) is 9.59 Å². The molecule has 0 saturated heterocycles. The van der Waals surface area contributed by atoms with Crippen LogP contribution in [0.5, 0.6) is 5.75 Å². The quantitative estimate of drug-likeness (QED) is 0.344. The molecule has 2 aromatic rings. The SMILES string of the molecule is O=C(Cl)C(=Cc1ccc(OCc2ccccc2)cc1)C(=O)Cl. The molecule has 0 heterocycles. The third kappa shape index (κ3) is 4.72. The monoisotopic (exact) mass is 334 g/mol. The second-order valence-electron chi connectivity index (χ2n) is 4.45. The third-order valence-corrected chi connectivity index (χ3v) is 3.27. The van der Waals surface area contributed by atoms with Gasteiger partial charge in [-0.1, -0.05) is 42.5 Å². The van der Waals surface area contributed by atoms with E-state index in [1.54, 1.807) is 24.3 Å². The molecule has 5 heteroatoms. The molecule has 3 nitrogen and oxygen atoms in total. The lowest BCUT2D eigenvalue weighted by Gasteiger charge is -2.06. The van der Waals surface area contributed by atoms with Crippen molar-refractivity contribution in [1.29, 1.82) is 0 Å². The Kier molecular flexibility index (Phi) is 5.75. The van der Waals surface area contributed by atoms with E-state index in [1.807, 2.05) is 30.3 Å². The van der Waals surface area contributed by atoms with Crippen molar-refractivity contribution < 1.29 is 14.3 Å². The highest BCUT2D eigenvalue weighted by atomic mass is 35.5. The van der Waals surface area contributed by atoms with Crippen LogP contribution in [0.3, 0.4) is 0 Å². The summed E-state index contributed by atoms with van der Waals surface area (Å²) in [6, 6.07) is 16.7. The molecular formula is C17H12Cl2O3.